The predicted octanol–water partition coefficient (Wildman–Crippen LogP) is 4.57. The van der Waals surface area contributed by atoms with Crippen molar-refractivity contribution < 1.29 is 9.13 Å². The van der Waals surface area contributed by atoms with Gasteiger partial charge < -0.3 is 20.0 Å². The minimum atomic E-state index is -0.512. The van der Waals surface area contributed by atoms with Crippen LogP contribution in [0.2, 0.25) is 5.02 Å². The molecule has 0 bridgehead atoms. The third kappa shape index (κ3) is 3.18. The molecule has 0 unspecified atom stereocenters. The molecule has 0 atom stereocenters. The number of rotatable bonds is 4. The molecular weight excluding hydrogens is 395 g/mol. The smallest absolute Gasteiger partial charge is 0.256 e. The molecule has 1 fully saturated rings. The second kappa shape index (κ2) is 7.02. The number of halogens is 2. The van der Waals surface area contributed by atoms with Gasteiger partial charge in [0.15, 0.2) is 0 Å². The molecule has 3 N–H and O–H groups in total. The van der Waals surface area contributed by atoms with E-state index in [0.717, 1.165) is 22.4 Å². The van der Waals surface area contributed by atoms with E-state index in [1.807, 2.05) is 18.3 Å². The van der Waals surface area contributed by atoms with Crippen LogP contribution >= 0.6 is 11.6 Å². The summed E-state index contributed by atoms with van der Waals surface area (Å²) < 4.78 is 19.7. The number of ether oxygens (including phenoxy) is 1. The lowest BCUT2D eigenvalue weighted by Crippen LogP contribution is -2.29. The first-order valence-corrected chi connectivity index (χ1v) is 9.47. The van der Waals surface area contributed by atoms with Gasteiger partial charge in [0.05, 0.1) is 30.2 Å². The third-order valence-corrected chi connectivity index (χ3v) is 5.30. The Morgan fingerprint density at radius 1 is 1.14 bits per heavy atom. The fourth-order valence-corrected chi connectivity index (χ4v) is 3.66. The first-order chi connectivity index (χ1) is 14.1. The molecule has 5 rings (SSSR count). The van der Waals surface area contributed by atoms with Crippen LogP contribution in [0.4, 0.5) is 15.8 Å². The van der Waals surface area contributed by atoms with Crippen molar-refractivity contribution in [3.8, 4) is 11.1 Å². The molecule has 1 aliphatic heterocycles. The maximum absolute atomic E-state index is 14.4. The number of nitrogens with zero attached hydrogens (tertiary/aromatic N) is 1. The number of aromatic amines is 2. The number of hydrogen-bond donors (Lipinski definition) is 3. The molecule has 0 spiro atoms. The lowest BCUT2D eigenvalue weighted by molar-refractivity contribution is 0.00695. The van der Waals surface area contributed by atoms with Gasteiger partial charge in [-0.25, -0.2) is 9.37 Å². The van der Waals surface area contributed by atoms with Crippen molar-refractivity contribution in [2.45, 2.75) is 5.92 Å². The number of H-pyrrole nitrogens is 2. The molecule has 8 heteroatoms. The van der Waals surface area contributed by atoms with Gasteiger partial charge in [-0.1, -0.05) is 11.6 Å². The minimum absolute atomic E-state index is 0.0620. The van der Waals surface area contributed by atoms with Crippen LogP contribution in [0.1, 0.15) is 11.6 Å². The number of aromatic nitrogens is 3. The molecule has 6 nitrogen and oxygen atoms in total. The van der Waals surface area contributed by atoms with Crippen molar-refractivity contribution in [2.75, 3.05) is 18.5 Å². The Balaban J connectivity index is 1.67. The number of fused-ring (bicyclic) bond motifs is 1. The molecule has 1 aromatic carbocycles. The molecule has 0 aliphatic carbocycles. The van der Waals surface area contributed by atoms with Crippen molar-refractivity contribution in [2.24, 2.45) is 0 Å². The summed E-state index contributed by atoms with van der Waals surface area (Å²) in [6.45, 7) is 1.04. The highest BCUT2D eigenvalue weighted by atomic mass is 35.5. The van der Waals surface area contributed by atoms with Crippen LogP contribution in [0.5, 0.6) is 0 Å². The summed E-state index contributed by atoms with van der Waals surface area (Å²) in [6.07, 6.45) is 3.50. The molecule has 0 saturated carbocycles. The van der Waals surface area contributed by atoms with E-state index in [0.29, 0.717) is 23.9 Å². The Bertz CT molecular complexity index is 1280. The maximum Gasteiger partial charge on any atom is 0.256 e. The van der Waals surface area contributed by atoms with Gasteiger partial charge in [0.2, 0.25) is 0 Å². The Kier molecular flexibility index (Phi) is 4.34. The summed E-state index contributed by atoms with van der Waals surface area (Å²) in [5.41, 5.74) is 2.96. The topological polar surface area (TPSA) is 82.8 Å². The monoisotopic (exact) mass is 410 g/mol. The van der Waals surface area contributed by atoms with Gasteiger partial charge in [-0.3, -0.25) is 4.79 Å². The summed E-state index contributed by atoms with van der Waals surface area (Å²) in [5, 5.41) is 4.64. The zero-order valence-electron chi connectivity index (χ0n) is 15.1. The zero-order valence-corrected chi connectivity index (χ0v) is 15.9. The van der Waals surface area contributed by atoms with Crippen LogP contribution < -0.4 is 10.9 Å². The largest absolute Gasteiger partial charge is 0.380 e. The molecular formula is C21H16ClFN4O2. The first kappa shape index (κ1) is 17.9. The average Bonchev–Trinajstić information content (AvgIpc) is 3.14. The van der Waals surface area contributed by atoms with Crippen LogP contribution in [-0.2, 0) is 4.74 Å². The summed E-state index contributed by atoms with van der Waals surface area (Å²) in [6, 6.07) is 9.59. The van der Waals surface area contributed by atoms with Crippen LogP contribution in [0, 0.1) is 5.82 Å². The van der Waals surface area contributed by atoms with Gasteiger partial charge >= 0.3 is 0 Å². The van der Waals surface area contributed by atoms with Crippen LogP contribution in [0.25, 0.3) is 22.2 Å². The van der Waals surface area contributed by atoms with E-state index >= 15 is 0 Å². The first-order valence-electron chi connectivity index (χ1n) is 9.09. The van der Waals surface area contributed by atoms with E-state index in [1.54, 1.807) is 12.3 Å². The molecule has 146 valence electrons. The standard InChI is InChI=1S/C21H16ClFN4O2/c22-12-1-2-16(23)14(7-12)15-8-18(19(27-21(15)28)11-9-29-10-11)26-17-4-6-25-20-13(17)3-5-24-20/h1-8,11H,9-10H2,(H,27,28)(H2,24,25,26). The Morgan fingerprint density at radius 3 is 2.79 bits per heavy atom. The third-order valence-electron chi connectivity index (χ3n) is 5.07. The summed E-state index contributed by atoms with van der Waals surface area (Å²) in [7, 11) is 0. The minimum Gasteiger partial charge on any atom is -0.380 e. The lowest BCUT2D eigenvalue weighted by Gasteiger charge is -2.28. The molecule has 4 aromatic rings. The van der Waals surface area contributed by atoms with Crippen molar-refractivity contribution in [1.82, 2.24) is 15.0 Å². The van der Waals surface area contributed by atoms with Crippen molar-refractivity contribution in [1.29, 1.82) is 0 Å². The highest BCUT2D eigenvalue weighted by Crippen LogP contribution is 2.34. The summed E-state index contributed by atoms with van der Waals surface area (Å²) in [5.74, 6) is -0.450. The fourth-order valence-electron chi connectivity index (χ4n) is 3.49. The van der Waals surface area contributed by atoms with Crippen LogP contribution in [0.3, 0.4) is 0 Å². The van der Waals surface area contributed by atoms with Gasteiger partial charge in [0.1, 0.15) is 11.5 Å². The molecule has 1 aliphatic rings. The fraction of sp³-hybridized carbons (Fsp3) is 0.143. The quantitative estimate of drug-likeness (QED) is 0.460. The number of benzene rings is 1. The highest BCUT2D eigenvalue weighted by Gasteiger charge is 2.26. The van der Waals surface area contributed by atoms with E-state index in [-0.39, 0.29) is 22.6 Å². The number of anilines is 2. The van der Waals surface area contributed by atoms with Gasteiger partial charge in [-0.15, -0.1) is 0 Å². The molecule has 29 heavy (non-hydrogen) atoms. The lowest BCUT2D eigenvalue weighted by atomic mass is 9.98. The van der Waals surface area contributed by atoms with E-state index in [4.69, 9.17) is 16.3 Å². The second-order valence-corrected chi connectivity index (χ2v) is 7.36. The summed E-state index contributed by atoms with van der Waals surface area (Å²) in [4.78, 5) is 23.1. The second-order valence-electron chi connectivity index (χ2n) is 6.92. The van der Waals surface area contributed by atoms with E-state index in [1.165, 1.54) is 18.2 Å². The van der Waals surface area contributed by atoms with Crippen molar-refractivity contribution in [3.63, 3.8) is 0 Å². The maximum atomic E-state index is 14.4. The normalized spacial score (nSPS) is 14.1. The van der Waals surface area contributed by atoms with E-state index < -0.39 is 5.82 Å². The molecule has 0 amide bonds. The van der Waals surface area contributed by atoms with Crippen LogP contribution in [0.15, 0.2) is 53.6 Å². The van der Waals surface area contributed by atoms with Gasteiger partial charge in [-0.05, 0) is 36.4 Å². The van der Waals surface area contributed by atoms with Crippen LogP contribution in [-0.4, -0.2) is 28.2 Å². The van der Waals surface area contributed by atoms with Gasteiger partial charge in [0, 0.05) is 40.0 Å². The van der Waals surface area contributed by atoms with Gasteiger partial charge in [-0.2, -0.15) is 0 Å². The van der Waals surface area contributed by atoms with E-state index in [2.05, 4.69) is 20.3 Å². The Morgan fingerprint density at radius 2 is 2.00 bits per heavy atom. The number of nitrogens with one attached hydrogen (secondary N) is 3. The van der Waals surface area contributed by atoms with Gasteiger partial charge in [0.25, 0.3) is 5.56 Å². The molecule has 3 aromatic heterocycles. The Labute approximate surface area is 169 Å². The van der Waals surface area contributed by atoms with E-state index in [9.17, 15) is 9.18 Å². The Hall–Kier alpha value is -3.16. The zero-order chi connectivity index (χ0) is 20.0. The molecule has 1 saturated heterocycles. The van der Waals surface area contributed by atoms with Crippen molar-refractivity contribution in [3.05, 3.63) is 75.7 Å². The number of hydrogen-bond acceptors (Lipinski definition) is 4. The molecule has 0 radical (unpaired) electrons. The van der Waals surface area contributed by atoms with Crippen molar-refractivity contribution >= 4 is 34.0 Å². The predicted molar refractivity (Wildman–Crippen MR) is 110 cm³/mol. The SMILES string of the molecule is O=c1[nH]c(C2COC2)c(Nc2ccnc3[nH]ccc23)cc1-c1cc(Cl)ccc1F. The average molecular weight is 411 g/mol. The summed E-state index contributed by atoms with van der Waals surface area (Å²) >= 11 is 6.03. The number of pyridine rings is 2. The molecule has 4 heterocycles. The highest BCUT2D eigenvalue weighted by molar-refractivity contribution is 6.30.